The highest BCUT2D eigenvalue weighted by Crippen LogP contribution is 2.34. The van der Waals surface area contributed by atoms with Crippen molar-refractivity contribution in [3.8, 4) is 11.3 Å². The molecule has 0 aliphatic rings. The van der Waals surface area contributed by atoms with Crippen molar-refractivity contribution in [3.63, 3.8) is 0 Å². The van der Waals surface area contributed by atoms with E-state index in [0.717, 1.165) is 18.3 Å². The standard InChI is InChI=1S/C19H20F3N5O2S/c1-12(2)27-10-17(25-11-27)15-9-14(30(28,29)23-3)4-5-16(15)26-18-8-13(6-7-24-18)19(20,21)22/h4-12,23H,1-3H3,(H,24,26). The number of halogens is 3. The second kappa shape index (κ2) is 8.07. The summed E-state index contributed by atoms with van der Waals surface area (Å²) < 4.78 is 67.6. The summed E-state index contributed by atoms with van der Waals surface area (Å²) in [5.74, 6) is -0.0291. The minimum Gasteiger partial charge on any atom is -0.340 e. The van der Waals surface area contributed by atoms with E-state index in [0.29, 0.717) is 16.9 Å². The first kappa shape index (κ1) is 21.8. The SMILES string of the molecule is CNS(=O)(=O)c1ccc(Nc2cc(C(F)(F)F)ccn2)c(-c2cn(C(C)C)cn2)c1. The third-order valence-electron chi connectivity index (χ3n) is 4.39. The first-order chi connectivity index (χ1) is 14.0. The molecule has 7 nitrogen and oxygen atoms in total. The second-order valence-electron chi connectivity index (χ2n) is 6.77. The van der Waals surface area contributed by atoms with Gasteiger partial charge in [0, 0.05) is 29.7 Å². The number of anilines is 2. The maximum atomic E-state index is 13.0. The summed E-state index contributed by atoms with van der Waals surface area (Å²) in [5.41, 5.74) is 0.391. The molecule has 0 unspecified atom stereocenters. The summed E-state index contributed by atoms with van der Waals surface area (Å²) in [7, 11) is -2.44. The highest BCUT2D eigenvalue weighted by Gasteiger charge is 2.30. The Kier molecular flexibility index (Phi) is 5.86. The maximum Gasteiger partial charge on any atom is 0.416 e. The van der Waals surface area contributed by atoms with Crippen LogP contribution in [-0.2, 0) is 16.2 Å². The largest absolute Gasteiger partial charge is 0.416 e. The number of hydrogen-bond acceptors (Lipinski definition) is 5. The smallest absolute Gasteiger partial charge is 0.340 e. The van der Waals surface area contributed by atoms with Crippen LogP contribution < -0.4 is 10.0 Å². The van der Waals surface area contributed by atoms with E-state index >= 15 is 0 Å². The topological polar surface area (TPSA) is 88.9 Å². The Hall–Kier alpha value is -2.92. The number of hydrogen-bond donors (Lipinski definition) is 2. The normalized spacial score (nSPS) is 12.4. The molecular weight excluding hydrogens is 419 g/mol. The van der Waals surface area contributed by atoms with Crippen molar-refractivity contribution in [1.29, 1.82) is 0 Å². The zero-order chi connectivity index (χ0) is 22.1. The second-order valence-corrected chi connectivity index (χ2v) is 8.65. The molecule has 2 heterocycles. The van der Waals surface area contributed by atoms with Gasteiger partial charge >= 0.3 is 6.18 Å². The van der Waals surface area contributed by atoms with Gasteiger partial charge in [-0.25, -0.2) is 23.1 Å². The Labute approximate surface area is 172 Å². The number of benzene rings is 1. The Balaban J connectivity index is 2.09. The number of sulfonamides is 1. The first-order valence-electron chi connectivity index (χ1n) is 8.93. The van der Waals surface area contributed by atoms with E-state index < -0.39 is 21.8 Å². The summed E-state index contributed by atoms with van der Waals surface area (Å²) >= 11 is 0. The number of rotatable bonds is 6. The fraction of sp³-hybridized carbons (Fsp3) is 0.263. The van der Waals surface area contributed by atoms with Gasteiger partial charge in [0.2, 0.25) is 10.0 Å². The minimum absolute atomic E-state index is 0.00153. The van der Waals surface area contributed by atoms with Crippen molar-refractivity contribution in [3.05, 3.63) is 54.6 Å². The molecule has 30 heavy (non-hydrogen) atoms. The molecule has 3 aromatic rings. The molecule has 0 spiro atoms. The molecule has 2 N–H and O–H groups in total. The molecule has 0 atom stereocenters. The number of aromatic nitrogens is 3. The molecule has 3 rings (SSSR count). The van der Waals surface area contributed by atoms with Crippen LogP contribution in [0.2, 0.25) is 0 Å². The lowest BCUT2D eigenvalue weighted by Crippen LogP contribution is -2.18. The Morgan fingerprint density at radius 1 is 1.10 bits per heavy atom. The average molecular weight is 439 g/mol. The van der Waals surface area contributed by atoms with E-state index in [1.54, 1.807) is 12.5 Å². The van der Waals surface area contributed by atoms with Gasteiger partial charge in [-0.15, -0.1) is 0 Å². The maximum absolute atomic E-state index is 13.0. The van der Waals surface area contributed by atoms with Crippen LogP contribution in [0.25, 0.3) is 11.3 Å². The fourth-order valence-electron chi connectivity index (χ4n) is 2.70. The van der Waals surface area contributed by atoms with E-state index in [2.05, 4.69) is 20.0 Å². The van der Waals surface area contributed by atoms with Crippen LogP contribution in [0.4, 0.5) is 24.7 Å². The van der Waals surface area contributed by atoms with Crippen LogP contribution in [-0.4, -0.2) is 30.0 Å². The van der Waals surface area contributed by atoms with Gasteiger partial charge in [0.1, 0.15) is 5.82 Å². The van der Waals surface area contributed by atoms with Gasteiger partial charge in [0.15, 0.2) is 0 Å². The quantitative estimate of drug-likeness (QED) is 0.601. The van der Waals surface area contributed by atoms with Crippen molar-refractivity contribution in [2.45, 2.75) is 31.0 Å². The Morgan fingerprint density at radius 2 is 1.83 bits per heavy atom. The van der Waals surface area contributed by atoms with Crippen molar-refractivity contribution < 1.29 is 21.6 Å². The monoisotopic (exact) mass is 439 g/mol. The molecule has 0 saturated heterocycles. The predicted molar refractivity (Wildman–Crippen MR) is 107 cm³/mol. The van der Waals surface area contributed by atoms with Gasteiger partial charge in [-0.3, -0.25) is 0 Å². The molecular formula is C19H20F3N5O2S. The highest BCUT2D eigenvalue weighted by molar-refractivity contribution is 7.89. The average Bonchev–Trinajstić information content (AvgIpc) is 3.18. The van der Waals surface area contributed by atoms with Gasteiger partial charge in [-0.05, 0) is 51.2 Å². The highest BCUT2D eigenvalue weighted by atomic mass is 32.2. The molecule has 0 saturated carbocycles. The fourth-order valence-corrected chi connectivity index (χ4v) is 3.46. The lowest BCUT2D eigenvalue weighted by Gasteiger charge is -2.14. The number of pyridine rings is 1. The third kappa shape index (κ3) is 4.62. The Bertz CT molecular complexity index is 1160. The molecule has 11 heteroatoms. The van der Waals surface area contributed by atoms with Crippen LogP contribution >= 0.6 is 0 Å². The molecule has 0 amide bonds. The molecule has 0 aliphatic heterocycles. The van der Waals surface area contributed by atoms with Crippen LogP contribution in [0.3, 0.4) is 0 Å². The van der Waals surface area contributed by atoms with Crippen molar-refractivity contribution >= 4 is 21.5 Å². The molecule has 160 valence electrons. The van der Waals surface area contributed by atoms with Crippen LogP contribution in [0, 0.1) is 0 Å². The molecule has 0 fully saturated rings. The van der Waals surface area contributed by atoms with Crippen molar-refractivity contribution in [1.82, 2.24) is 19.3 Å². The van der Waals surface area contributed by atoms with Crippen molar-refractivity contribution in [2.24, 2.45) is 0 Å². The van der Waals surface area contributed by atoms with E-state index in [1.807, 2.05) is 18.4 Å². The van der Waals surface area contributed by atoms with Gasteiger partial charge in [0.05, 0.1) is 22.5 Å². The lowest BCUT2D eigenvalue weighted by molar-refractivity contribution is -0.137. The molecule has 2 aromatic heterocycles. The van der Waals surface area contributed by atoms with E-state index in [9.17, 15) is 21.6 Å². The van der Waals surface area contributed by atoms with Gasteiger partial charge in [-0.2, -0.15) is 13.2 Å². The molecule has 0 bridgehead atoms. The zero-order valence-corrected chi connectivity index (χ0v) is 17.2. The molecule has 0 aliphatic carbocycles. The number of imidazole rings is 1. The summed E-state index contributed by atoms with van der Waals surface area (Å²) in [6.07, 6.45) is -0.118. The molecule has 0 radical (unpaired) electrons. The Morgan fingerprint density at radius 3 is 2.43 bits per heavy atom. The van der Waals surface area contributed by atoms with Crippen LogP contribution in [0.5, 0.6) is 0 Å². The van der Waals surface area contributed by atoms with Crippen LogP contribution in [0.1, 0.15) is 25.5 Å². The first-order valence-corrected chi connectivity index (χ1v) is 10.4. The number of nitrogens with one attached hydrogen (secondary N) is 2. The predicted octanol–water partition coefficient (Wildman–Crippen LogP) is 4.20. The number of alkyl halides is 3. The zero-order valence-electron chi connectivity index (χ0n) is 16.4. The van der Waals surface area contributed by atoms with E-state index in [4.69, 9.17) is 0 Å². The van der Waals surface area contributed by atoms with Gasteiger partial charge in [-0.1, -0.05) is 0 Å². The van der Waals surface area contributed by atoms with Crippen molar-refractivity contribution in [2.75, 3.05) is 12.4 Å². The van der Waals surface area contributed by atoms with Gasteiger partial charge < -0.3 is 9.88 Å². The third-order valence-corrected chi connectivity index (χ3v) is 5.81. The molecule has 1 aromatic carbocycles. The summed E-state index contributed by atoms with van der Waals surface area (Å²) in [4.78, 5) is 8.26. The van der Waals surface area contributed by atoms with Gasteiger partial charge in [0.25, 0.3) is 0 Å². The lowest BCUT2D eigenvalue weighted by atomic mass is 10.1. The summed E-state index contributed by atoms with van der Waals surface area (Å²) in [5, 5.41) is 2.84. The summed E-state index contributed by atoms with van der Waals surface area (Å²) in [6.45, 7) is 3.91. The van der Waals surface area contributed by atoms with Crippen LogP contribution in [0.15, 0.2) is 53.9 Å². The van der Waals surface area contributed by atoms with E-state index in [1.165, 1.54) is 25.2 Å². The minimum atomic E-state index is -4.51. The number of nitrogens with zero attached hydrogens (tertiary/aromatic N) is 3. The summed E-state index contributed by atoms with van der Waals surface area (Å²) in [6, 6.07) is 6.11. The van der Waals surface area contributed by atoms with E-state index in [-0.39, 0.29) is 16.8 Å².